The first-order chi connectivity index (χ1) is 22.8. The molecule has 1 saturated carbocycles. The number of hydrogen-bond acceptors (Lipinski definition) is 9. The van der Waals surface area contributed by atoms with E-state index in [1.54, 1.807) is 25.1 Å². The third-order valence-corrected chi connectivity index (χ3v) is 10.0. The monoisotopic (exact) mass is 639 g/mol. The number of rotatable bonds is 8. The summed E-state index contributed by atoms with van der Waals surface area (Å²) in [6.07, 6.45) is 3.04. The number of piperazine rings is 1. The molecule has 4 aliphatic rings. The maximum atomic E-state index is 15.1. The van der Waals surface area contributed by atoms with Crippen molar-refractivity contribution in [3.8, 4) is 23.3 Å². The van der Waals surface area contributed by atoms with Crippen LogP contribution in [0.4, 0.5) is 10.1 Å². The zero-order chi connectivity index (χ0) is 32.4. The van der Waals surface area contributed by atoms with Crippen molar-refractivity contribution in [2.45, 2.75) is 63.3 Å². The lowest BCUT2D eigenvalue weighted by atomic mass is 9.81. The quantitative estimate of drug-likeness (QED) is 0.281. The summed E-state index contributed by atoms with van der Waals surface area (Å²) >= 11 is 0. The fraction of sp³-hybridized carbons (Fsp3) is 0.400. The minimum Gasteiger partial charge on any atom is -0.494 e. The number of fused-ring (bicyclic) bond motifs is 3. The lowest BCUT2D eigenvalue weighted by Gasteiger charge is -2.54. The molecule has 1 aliphatic carbocycles. The highest BCUT2D eigenvalue weighted by molar-refractivity contribution is 5.95. The average molecular weight is 640 g/mol. The van der Waals surface area contributed by atoms with E-state index in [2.05, 4.69) is 14.4 Å². The van der Waals surface area contributed by atoms with Gasteiger partial charge in [-0.1, -0.05) is 6.07 Å². The van der Waals surface area contributed by atoms with Crippen LogP contribution in [0.1, 0.15) is 53.5 Å². The predicted molar refractivity (Wildman–Crippen MR) is 168 cm³/mol. The van der Waals surface area contributed by atoms with Gasteiger partial charge in [0.05, 0.1) is 60.3 Å². The van der Waals surface area contributed by atoms with Gasteiger partial charge in [-0.15, -0.1) is 0 Å². The number of methoxy groups -OCH3 is 1. The van der Waals surface area contributed by atoms with E-state index in [0.717, 1.165) is 56.0 Å². The van der Waals surface area contributed by atoms with Crippen molar-refractivity contribution < 1.29 is 33.2 Å². The molecule has 12 heteroatoms. The van der Waals surface area contributed by atoms with E-state index in [1.165, 1.54) is 19.2 Å². The van der Waals surface area contributed by atoms with Crippen LogP contribution >= 0.6 is 0 Å². The highest BCUT2D eigenvalue weighted by Gasteiger charge is 2.47. The summed E-state index contributed by atoms with van der Waals surface area (Å²) in [5.74, 6) is -0.517. The number of ether oxygens (including phenoxy) is 4. The third kappa shape index (κ3) is 4.84. The number of para-hydroxylation sites is 1. The van der Waals surface area contributed by atoms with Crippen molar-refractivity contribution in [1.82, 2.24) is 14.5 Å². The van der Waals surface area contributed by atoms with Crippen LogP contribution in [0.5, 0.6) is 17.2 Å². The van der Waals surface area contributed by atoms with Crippen LogP contribution in [0.2, 0.25) is 0 Å². The molecular formula is C35H34FN5O6. The Morgan fingerprint density at radius 1 is 1.15 bits per heavy atom. The number of nitriles is 1. The average Bonchev–Trinajstić information content (AvgIpc) is 3.55. The summed E-state index contributed by atoms with van der Waals surface area (Å²) in [6, 6.07) is 15.8. The van der Waals surface area contributed by atoms with Gasteiger partial charge in [-0.25, -0.2) is 14.2 Å². The number of carbonyl (C=O) groups is 1. The van der Waals surface area contributed by atoms with Crippen LogP contribution in [-0.2, 0) is 23.6 Å². The van der Waals surface area contributed by atoms with Crippen molar-refractivity contribution in [1.29, 1.82) is 5.26 Å². The molecule has 3 aliphatic heterocycles. The summed E-state index contributed by atoms with van der Waals surface area (Å²) in [7, 11) is 1.53. The van der Waals surface area contributed by atoms with Gasteiger partial charge in [0.15, 0.2) is 11.5 Å². The number of carboxylic acid groups (broad SMARTS) is 1. The number of anilines is 1. The second kappa shape index (κ2) is 11.1. The highest BCUT2D eigenvalue weighted by Crippen LogP contribution is 2.51. The van der Waals surface area contributed by atoms with Gasteiger partial charge in [0.25, 0.3) is 5.79 Å². The van der Waals surface area contributed by atoms with Gasteiger partial charge in [-0.05, 0) is 61.7 Å². The van der Waals surface area contributed by atoms with Gasteiger partial charge in [0.2, 0.25) is 0 Å². The van der Waals surface area contributed by atoms with Crippen molar-refractivity contribution >= 4 is 22.7 Å². The number of nitrogens with zero attached hydrogens (tertiary/aromatic N) is 5. The topological polar surface area (TPSA) is 122 Å². The number of halogens is 1. The Kier molecular flexibility index (Phi) is 7.00. The molecule has 0 unspecified atom stereocenters. The Labute approximate surface area is 270 Å². The summed E-state index contributed by atoms with van der Waals surface area (Å²) in [6.45, 7) is 5.12. The van der Waals surface area contributed by atoms with Crippen LogP contribution in [0.15, 0.2) is 48.5 Å². The van der Waals surface area contributed by atoms with Gasteiger partial charge in [-0.2, -0.15) is 5.26 Å². The minimum atomic E-state index is -1.37. The van der Waals surface area contributed by atoms with E-state index in [9.17, 15) is 15.2 Å². The smallest absolute Gasteiger partial charge is 0.335 e. The standard InChI is InChI=1S/C35H34FN5O6/c1-35(23-7-6-20(17-37)14-24(23)36)46-29-5-3-4-27(33(29)47-35)40-12-11-39(25-8-9-26(25)40)19-31-38-32-28(41(31)18-22-10-13-45-22)15-21(34(42)43)16-30(32)44-2/h3-7,14-16,22,25-26H,8-13,18-19H2,1-2H3,(H,42,43)/t22-,25-,26+,35-/m0/s1. The molecule has 47 heavy (non-hydrogen) atoms. The Morgan fingerprint density at radius 3 is 2.66 bits per heavy atom. The molecule has 11 nitrogen and oxygen atoms in total. The molecule has 0 radical (unpaired) electrons. The molecule has 1 aromatic heterocycles. The normalized spacial score (nSPS) is 24.7. The van der Waals surface area contributed by atoms with Crippen LogP contribution in [-0.4, -0.2) is 70.5 Å². The summed E-state index contributed by atoms with van der Waals surface area (Å²) in [5, 5.41) is 18.9. The van der Waals surface area contributed by atoms with E-state index in [4.69, 9.17) is 23.9 Å². The summed E-state index contributed by atoms with van der Waals surface area (Å²) in [4.78, 5) is 21.8. The second-order valence-electron chi connectivity index (χ2n) is 12.7. The number of aromatic nitrogens is 2. The first kappa shape index (κ1) is 29.5. The molecule has 3 fully saturated rings. The lowest BCUT2D eigenvalue weighted by molar-refractivity contribution is -0.0706. The minimum absolute atomic E-state index is 0.0600. The van der Waals surface area contributed by atoms with Gasteiger partial charge < -0.3 is 33.5 Å². The van der Waals surface area contributed by atoms with Gasteiger partial charge in [-0.3, -0.25) is 4.90 Å². The molecule has 4 heterocycles. The van der Waals surface area contributed by atoms with E-state index in [-0.39, 0.29) is 34.9 Å². The summed E-state index contributed by atoms with van der Waals surface area (Å²) < 4.78 is 41.2. The number of imidazole rings is 1. The maximum Gasteiger partial charge on any atom is 0.335 e. The van der Waals surface area contributed by atoms with Crippen molar-refractivity contribution in [3.05, 3.63) is 76.9 Å². The number of aromatic carboxylic acids is 1. The number of benzene rings is 3. The van der Waals surface area contributed by atoms with Crippen LogP contribution in [0, 0.1) is 17.1 Å². The van der Waals surface area contributed by atoms with E-state index >= 15 is 4.39 Å². The zero-order valence-corrected chi connectivity index (χ0v) is 26.1. The van der Waals surface area contributed by atoms with Gasteiger partial charge in [0.1, 0.15) is 22.9 Å². The van der Waals surface area contributed by atoms with Gasteiger partial charge in [0, 0.05) is 38.7 Å². The van der Waals surface area contributed by atoms with Crippen LogP contribution in [0.3, 0.4) is 0 Å². The molecule has 3 aromatic carbocycles. The first-order valence-corrected chi connectivity index (χ1v) is 15.9. The van der Waals surface area contributed by atoms with E-state index < -0.39 is 17.6 Å². The molecular weight excluding hydrogens is 605 g/mol. The molecule has 0 spiro atoms. The molecule has 4 atom stereocenters. The summed E-state index contributed by atoms with van der Waals surface area (Å²) in [5.41, 5.74) is 2.91. The fourth-order valence-corrected chi connectivity index (χ4v) is 7.38. The predicted octanol–water partition coefficient (Wildman–Crippen LogP) is 5.04. The Hall–Kier alpha value is -4.86. The zero-order valence-electron chi connectivity index (χ0n) is 26.1. The Balaban J connectivity index is 1.06. The molecule has 0 amide bonds. The first-order valence-electron chi connectivity index (χ1n) is 15.9. The molecule has 242 valence electrons. The molecule has 1 N–H and O–H groups in total. The molecule has 0 bridgehead atoms. The second-order valence-corrected chi connectivity index (χ2v) is 12.7. The van der Waals surface area contributed by atoms with Crippen molar-refractivity contribution in [2.24, 2.45) is 0 Å². The van der Waals surface area contributed by atoms with E-state index in [1.807, 2.05) is 24.3 Å². The van der Waals surface area contributed by atoms with Crippen LogP contribution < -0.4 is 19.1 Å². The van der Waals surface area contributed by atoms with E-state index in [0.29, 0.717) is 35.9 Å². The largest absolute Gasteiger partial charge is 0.494 e. The SMILES string of the molecule is COc1cc(C(=O)O)cc2c1nc(CN1CCN(c3cccc4c3O[C@@](C)(c3ccc(C#N)cc3F)O4)[C@@H]3CC[C@@H]31)n2C[C@@H]1CCO1. The number of carboxylic acids is 1. The van der Waals surface area contributed by atoms with Gasteiger partial charge >= 0.3 is 5.97 Å². The molecule has 8 rings (SSSR count). The fourth-order valence-electron chi connectivity index (χ4n) is 7.38. The lowest BCUT2D eigenvalue weighted by Crippen LogP contribution is -2.64. The molecule has 4 aromatic rings. The van der Waals surface area contributed by atoms with Crippen LogP contribution in [0.25, 0.3) is 11.0 Å². The number of hydrogen-bond donors (Lipinski definition) is 1. The maximum absolute atomic E-state index is 15.1. The van der Waals surface area contributed by atoms with Crippen molar-refractivity contribution in [3.63, 3.8) is 0 Å². The highest BCUT2D eigenvalue weighted by atomic mass is 19.1. The molecule has 2 saturated heterocycles. The Bertz CT molecular complexity index is 1950. The van der Waals surface area contributed by atoms with Crippen molar-refractivity contribution in [2.75, 3.05) is 31.7 Å². The third-order valence-electron chi connectivity index (χ3n) is 10.0. The Morgan fingerprint density at radius 2 is 1.98 bits per heavy atom.